The van der Waals surface area contributed by atoms with Crippen LogP contribution in [0.5, 0.6) is 0 Å². The second-order valence-corrected chi connectivity index (χ2v) is 5.42. The molecule has 2 nitrogen and oxygen atoms in total. The van der Waals surface area contributed by atoms with Gasteiger partial charge < -0.3 is 10.2 Å². The summed E-state index contributed by atoms with van der Waals surface area (Å²) < 4.78 is 0. The highest BCUT2D eigenvalue weighted by molar-refractivity contribution is 4.96. The third-order valence-electron chi connectivity index (χ3n) is 4.13. The van der Waals surface area contributed by atoms with Crippen molar-refractivity contribution >= 4 is 0 Å². The molecule has 0 bridgehead atoms. The van der Waals surface area contributed by atoms with E-state index in [9.17, 15) is 0 Å². The van der Waals surface area contributed by atoms with E-state index in [1.54, 1.807) is 0 Å². The van der Waals surface area contributed by atoms with Gasteiger partial charge in [-0.1, -0.05) is 19.3 Å². The average Bonchev–Trinajstić information content (AvgIpc) is 2.19. The van der Waals surface area contributed by atoms with Gasteiger partial charge in [0.1, 0.15) is 0 Å². The lowest BCUT2D eigenvalue weighted by molar-refractivity contribution is 0.0934. The highest BCUT2D eigenvalue weighted by Crippen LogP contribution is 2.33. The molecule has 1 aliphatic carbocycles. The van der Waals surface area contributed by atoms with Gasteiger partial charge in [0, 0.05) is 25.2 Å². The third kappa shape index (κ3) is 2.12. The monoisotopic (exact) mass is 196 g/mol. The van der Waals surface area contributed by atoms with E-state index in [1.807, 2.05) is 0 Å². The minimum atomic E-state index is 0.396. The predicted octanol–water partition coefficient (Wildman–Crippen LogP) is 1.86. The molecule has 14 heavy (non-hydrogen) atoms. The minimum absolute atomic E-state index is 0.396. The molecule has 0 aromatic heterocycles. The lowest BCUT2D eigenvalue weighted by Crippen LogP contribution is -2.61. The van der Waals surface area contributed by atoms with Crippen LogP contribution in [0.1, 0.15) is 39.0 Å². The van der Waals surface area contributed by atoms with Crippen LogP contribution in [0.3, 0.4) is 0 Å². The van der Waals surface area contributed by atoms with Crippen molar-refractivity contribution in [3.63, 3.8) is 0 Å². The Balaban J connectivity index is 1.98. The summed E-state index contributed by atoms with van der Waals surface area (Å²) in [4.78, 5) is 2.48. The first kappa shape index (κ1) is 10.4. The maximum Gasteiger partial charge on any atom is 0.0309 e. The molecule has 0 aromatic rings. The molecule has 1 saturated heterocycles. The summed E-state index contributed by atoms with van der Waals surface area (Å²) in [5.74, 6) is 0.916. The number of likely N-dealkylation sites (N-methyl/N-ethyl adjacent to an activating group) is 1. The highest BCUT2D eigenvalue weighted by atomic mass is 15.2. The lowest BCUT2D eigenvalue weighted by atomic mass is 9.74. The van der Waals surface area contributed by atoms with Gasteiger partial charge in [-0.25, -0.2) is 0 Å². The van der Waals surface area contributed by atoms with E-state index in [0.717, 1.165) is 5.92 Å². The quantitative estimate of drug-likeness (QED) is 0.688. The maximum atomic E-state index is 3.75. The Kier molecular flexibility index (Phi) is 3.13. The van der Waals surface area contributed by atoms with Gasteiger partial charge in [0.05, 0.1) is 0 Å². The SMILES string of the molecule is CN1CCNC(C)(C2CCCCC2)C1. The van der Waals surface area contributed by atoms with Crippen molar-refractivity contribution in [2.24, 2.45) is 5.92 Å². The Hall–Kier alpha value is -0.0800. The molecule has 1 unspecified atom stereocenters. The maximum absolute atomic E-state index is 3.75. The van der Waals surface area contributed by atoms with Crippen molar-refractivity contribution in [1.82, 2.24) is 10.2 Å². The van der Waals surface area contributed by atoms with Crippen LogP contribution in [-0.2, 0) is 0 Å². The Morgan fingerprint density at radius 2 is 1.93 bits per heavy atom. The first-order valence-corrected chi connectivity index (χ1v) is 6.14. The van der Waals surface area contributed by atoms with Crippen molar-refractivity contribution in [3.05, 3.63) is 0 Å². The van der Waals surface area contributed by atoms with Crippen LogP contribution in [0.25, 0.3) is 0 Å². The fourth-order valence-corrected chi connectivity index (χ4v) is 3.24. The molecule has 82 valence electrons. The molecule has 0 amide bonds. The smallest absolute Gasteiger partial charge is 0.0309 e. The van der Waals surface area contributed by atoms with Crippen LogP contribution in [-0.4, -0.2) is 37.1 Å². The van der Waals surface area contributed by atoms with Crippen molar-refractivity contribution in [1.29, 1.82) is 0 Å². The van der Waals surface area contributed by atoms with Crippen molar-refractivity contribution in [2.75, 3.05) is 26.7 Å². The molecule has 0 spiro atoms. The fourth-order valence-electron chi connectivity index (χ4n) is 3.24. The molecule has 0 radical (unpaired) electrons. The van der Waals surface area contributed by atoms with Gasteiger partial charge in [-0.3, -0.25) is 0 Å². The molecule has 1 heterocycles. The molecule has 2 heteroatoms. The highest BCUT2D eigenvalue weighted by Gasteiger charge is 2.37. The molecule has 1 saturated carbocycles. The fraction of sp³-hybridized carbons (Fsp3) is 1.00. The molecule has 1 atom stereocenters. The zero-order valence-electron chi connectivity index (χ0n) is 9.68. The molecule has 2 fully saturated rings. The average molecular weight is 196 g/mol. The van der Waals surface area contributed by atoms with Gasteiger partial charge in [-0.05, 0) is 32.7 Å². The Morgan fingerprint density at radius 1 is 1.21 bits per heavy atom. The van der Waals surface area contributed by atoms with E-state index in [-0.39, 0.29) is 0 Å². The molecule has 1 N–H and O–H groups in total. The number of piperazine rings is 1. The normalized spacial score (nSPS) is 37.3. The third-order valence-corrected chi connectivity index (χ3v) is 4.13. The van der Waals surface area contributed by atoms with Crippen molar-refractivity contribution in [3.8, 4) is 0 Å². The van der Waals surface area contributed by atoms with Gasteiger partial charge in [-0.15, -0.1) is 0 Å². The van der Waals surface area contributed by atoms with Gasteiger partial charge in [0.15, 0.2) is 0 Å². The first-order chi connectivity index (χ1) is 6.71. The second-order valence-electron chi connectivity index (χ2n) is 5.42. The van der Waals surface area contributed by atoms with Crippen LogP contribution >= 0.6 is 0 Å². The van der Waals surface area contributed by atoms with E-state index >= 15 is 0 Å². The van der Waals surface area contributed by atoms with Crippen LogP contribution in [0, 0.1) is 5.92 Å². The zero-order chi connectivity index (χ0) is 10.0. The topological polar surface area (TPSA) is 15.3 Å². The molecule has 2 aliphatic rings. The summed E-state index contributed by atoms with van der Waals surface area (Å²) in [7, 11) is 2.25. The largest absolute Gasteiger partial charge is 0.309 e. The number of hydrogen-bond donors (Lipinski definition) is 1. The van der Waals surface area contributed by atoms with Crippen LogP contribution < -0.4 is 5.32 Å². The summed E-state index contributed by atoms with van der Waals surface area (Å²) in [6.45, 7) is 6.04. The van der Waals surface area contributed by atoms with Crippen LogP contribution in [0.4, 0.5) is 0 Å². The first-order valence-electron chi connectivity index (χ1n) is 6.14. The lowest BCUT2D eigenvalue weighted by Gasteiger charge is -2.46. The number of hydrogen-bond acceptors (Lipinski definition) is 2. The van der Waals surface area contributed by atoms with E-state index in [4.69, 9.17) is 0 Å². The second kappa shape index (κ2) is 4.19. The van der Waals surface area contributed by atoms with Gasteiger partial charge in [-0.2, -0.15) is 0 Å². The molecular weight excluding hydrogens is 172 g/mol. The summed E-state index contributed by atoms with van der Waals surface area (Å²) in [5.41, 5.74) is 0.396. The molecule has 0 aromatic carbocycles. The number of rotatable bonds is 1. The zero-order valence-corrected chi connectivity index (χ0v) is 9.68. The number of nitrogens with one attached hydrogen (secondary N) is 1. The molecule has 1 aliphatic heterocycles. The molecule has 2 rings (SSSR count). The minimum Gasteiger partial charge on any atom is -0.309 e. The summed E-state index contributed by atoms with van der Waals surface area (Å²) in [5, 5.41) is 3.75. The van der Waals surface area contributed by atoms with Gasteiger partial charge in [0.2, 0.25) is 0 Å². The Bertz CT molecular complexity index is 187. The van der Waals surface area contributed by atoms with Gasteiger partial charge in [0.25, 0.3) is 0 Å². The Labute approximate surface area is 88.1 Å². The number of nitrogens with zero attached hydrogens (tertiary/aromatic N) is 1. The van der Waals surface area contributed by atoms with Crippen LogP contribution in [0.2, 0.25) is 0 Å². The van der Waals surface area contributed by atoms with Gasteiger partial charge >= 0.3 is 0 Å². The van der Waals surface area contributed by atoms with Crippen molar-refractivity contribution in [2.45, 2.75) is 44.6 Å². The summed E-state index contributed by atoms with van der Waals surface area (Å²) in [6, 6.07) is 0. The van der Waals surface area contributed by atoms with E-state index in [2.05, 4.69) is 24.2 Å². The van der Waals surface area contributed by atoms with E-state index in [0.29, 0.717) is 5.54 Å². The molecular formula is C12H24N2. The van der Waals surface area contributed by atoms with Crippen molar-refractivity contribution < 1.29 is 0 Å². The summed E-state index contributed by atoms with van der Waals surface area (Å²) >= 11 is 0. The Morgan fingerprint density at radius 3 is 2.57 bits per heavy atom. The standard InChI is InChI=1S/C12H24N2/c1-12(10-14(2)9-8-13-12)11-6-4-3-5-7-11/h11,13H,3-10H2,1-2H3. The van der Waals surface area contributed by atoms with E-state index in [1.165, 1.54) is 51.7 Å². The van der Waals surface area contributed by atoms with E-state index < -0.39 is 0 Å². The van der Waals surface area contributed by atoms with Crippen LogP contribution in [0.15, 0.2) is 0 Å². The predicted molar refractivity (Wildman–Crippen MR) is 60.5 cm³/mol. The summed E-state index contributed by atoms with van der Waals surface area (Å²) in [6.07, 6.45) is 7.24.